The SMILES string of the molecule is C=C1C/C(=C(\C)CCCN2CCN(CC(=O)OC(C)(C)C)CC2)C(=O)N1C(C)CCC(=O)NC=O. The Morgan fingerprint density at radius 1 is 1.14 bits per heavy atom. The summed E-state index contributed by atoms with van der Waals surface area (Å²) < 4.78 is 5.41. The molecule has 2 aliphatic rings. The second-order valence-corrected chi connectivity index (χ2v) is 10.6. The van der Waals surface area contributed by atoms with E-state index in [1.165, 1.54) is 0 Å². The van der Waals surface area contributed by atoms with Crippen LogP contribution in [0.3, 0.4) is 0 Å². The molecule has 1 N–H and O–H groups in total. The van der Waals surface area contributed by atoms with Gasteiger partial charge >= 0.3 is 5.97 Å². The Hall–Kier alpha value is -2.52. The van der Waals surface area contributed by atoms with E-state index in [4.69, 9.17) is 4.74 Å². The van der Waals surface area contributed by atoms with E-state index >= 15 is 0 Å². The molecule has 2 saturated heterocycles. The first-order valence-corrected chi connectivity index (χ1v) is 12.5. The number of nitrogens with zero attached hydrogens (tertiary/aromatic N) is 3. The topological polar surface area (TPSA) is 99.3 Å². The quantitative estimate of drug-likeness (QED) is 0.269. The minimum atomic E-state index is -0.457. The van der Waals surface area contributed by atoms with E-state index in [2.05, 4.69) is 21.7 Å². The van der Waals surface area contributed by atoms with Gasteiger partial charge in [-0.1, -0.05) is 12.2 Å². The van der Waals surface area contributed by atoms with E-state index in [-0.39, 0.29) is 30.2 Å². The molecule has 0 spiro atoms. The number of allylic oxidation sites excluding steroid dienone is 2. The maximum absolute atomic E-state index is 13.0. The Morgan fingerprint density at radius 3 is 2.37 bits per heavy atom. The third-order valence-corrected chi connectivity index (χ3v) is 6.43. The van der Waals surface area contributed by atoms with Crippen LogP contribution in [0.2, 0.25) is 0 Å². The lowest BCUT2D eigenvalue weighted by atomic mass is 10.0. The van der Waals surface area contributed by atoms with Crippen molar-refractivity contribution in [3.05, 3.63) is 23.4 Å². The molecule has 0 aromatic heterocycles. The van der Waals surface area contributed by atoms with Crippen molar-refractivity contribution in [2.75, 3.05) is 39.3 Å². The van der Waals surface area contributed by atoms with Crippen LogP contribution in [0.1, 0.15) is 66.7 Å². The Bertz CT molecular complexity index is 837. The van der Waals surface area contributed by atoms with Gasteiger partial charge in [0.15, 0.2) is 0 Å². The molecule has 0 saturated carbocycles. The number of likely N-dealkylation sites (tertiary alicyclic amines) is 1. The van der Waals surface area contributed by atoms with Gasteiger partial charge in [-0.3, -0.25) is 29.4 Å². The molecule has 0 aromatic carbocycles. The van der Waals surface area contributed by atoms with Gasteiger partial charge in [0.25, 0.3) is 5.91 Å². The highest BCUT2D eigenvalue weighted by Gasteiger charge is 2.34. The lowest BCUT2D eigenvalue weighted by Gasteiger charge is -2.34. The van der Waals surface area contributed by atoms with Crippen molar-refractivity contribution in [1.82, 2.24) is 20.0 Å². The molecule has 0 aliphatic carbocycles. The summed E-state index contributed by atoms with van der Waals surface area (Å²) in [5.41, 5.74) is 2.20. The van der Waals surface area contributed by atoms with Crippen LogP contribution in [-0.4, -0.2) is 89.8 Å². The summed E-state index contributed by atoms with van der Waals surface area (Å²) in [5.74, 6) is -0.545. The van der Waals surface area contributed by atoms with Gasteiger partial charge < -0.3 is 14.5 Å². The number of imide groups is 1. The van der Waals surface area contributed by atoms with Gasteiger partial charge in [0, 0.05) is 56.3 Å². The number of rotatable bonds is 11. The number of amides is 3. The van der Waals surface area contributed by atoms with Crippen molar-refractivity contribution < 1.29 is 23.9 Å². The van der Waals surface area contributed by atoms with Gasteiger partial charge in [-0.05, 0) is 60.4 Å². The normalized spacial score (nSPS) is 20.1. The largest absolute Gasteiger partial charge is 0.459 e. The fourth-order valence-corrected chi connectivity index (χ4v) is 4.55. The molecule has 196 valence electrons. The van der Waals surface area contributed by atoms with Crippen molar-refractivity contribution in [3.63, 3.8) is 0 Å². The summed E-state index contributed by atoms with van der Waals surface area (Å²) in [5, 5.41) is 2.13. The minimum Gasteiger partial charge on any atom is -0.459 e. The molecule has 0 aromatic rings. The Kier molecular flexibility index (Phi) is 10.6. The highest BCUT2D eigenvalue weighted by atomic mass is 16.6. The lowest BCUT2D eigenvalue weighted by Crippen LogP contribution is -2.48. The average molecular weight is 491 g/mol. The van der Waals surface area contributed by atoms with E-state index in [1.807, 2.05) is 34.6 Å². The van der Waals surface area contributed by atoms with Gasteiger partial charge in [-0.2, -0.15) is 0 Å². The molecule has 1 unspecified atom stereocenters. The van der Waals surface area contributed by atoms with Crippen LogP contribution in [0.5, 0.6) is 0 Å². The molecular weight excluding hydrogens is 448 g/mol. The highest BCUT2D eigenvalue weighted by molar-refractivity contribution is 5.99. The van der Waals surface area contributed by atoms with Gasteiger partial charge in [-0.25, -0.2) is 0 Å². The Labute approximate surface area is 209 Å². The molecule has 2 heterocycles. The third kappa shape index (κ3) is 9.22. The highest BCUT2D eigenvalue weighted by Crippen LogP contribution is 2.32. The summed E-state index contributed by atoms with van der Waals surface area (Å²) in [7, 11) is 0. The van der Waals surface area contributed by atoms with Gasteiger partial charge in [0.05, 0.1) is 6.54 Å². The summed E-state index contributed by atoms with van der Waals surface area (Å²) in [6, 6.07) is -0.158. The van der Waals surface area contributed by atoms with E-state index in [1.54, 1.807) is 4.90 Å². The molecular formula is C26H42N4O5. The molecule has 0 radical (unpaired) electrons. The lowest BCUT2D eigenvalue weighted by molar-refractivity contribution is -0.156. The Balaban J connectivity index is 1.76. The predicted octanol–water partition coefficient (Wildman–Crippen LogP) is 2.23. The molecule has 2 rings (SSSR count). The maximum Gasteiger partial charge on any atom is 0.320 e. The molecule has 0 bridgehead atoms. The summed E-state index contributed by atoms with van der Waals surface area (Å²) in [6.07, 6.45) is 3.37. The van der Waals surface area contributed by atoms with Gasteiger partial charge in [-0.15, -0.1) is 0 Å². The number of carbonyl (C=O) groups is 4. The first-order chi connectivity index (χ1) is 16.4. The van der Waals surface area contributed by atoms with Crippen molar-refractivity contribution >= 4 is 24.2 Å². The van der Waals surface area contributed by atoms with Crippen LogP contribution < -0.4 is 5.32 Å². The van der Waals surface area contributed by atoms with E-state index < -0.39 is 5.60 Å². The number of hydrogen-bond acceptors (Lipinski definition) is 7. The summed E-state index contributed by atoms with van der Waals surface area (Å²) in [4.78, 5) is 53.2. The fourth-order valence-electron chi connectivity index (χ4n) is 4.55. The number of esters is 1. The van der Waals surface area contributed by atoms with Crippen molar-refractivity contribution in [2.24, 2.45) is 0 Å². The first kappa shape index (κ1) is 28.7. The predicted molar refractivity (Wildman–Crippen MR) is 134 cm³/mol. The molecule has 9 heteroatoms. The Morgan fingerprint density at radius 2 is 1.77 bits per heavy atom. The molecule has 9 nitrogen and oxygen atoms in total. The van der Waals surface area contributed by atoms with Crippen LogP contribution in [0.15, 0.2) is 23.4 Å². The molecule has 35 heavy (non-hydrogen) atoms. The van der Waals surface area contributed by atoms with Crippen LogP contribution in [0.25, 0.3) is 0 Å². The zero-order valence-corrected chi connectivity index (χ0v) is 22.0. The number of ether oxygens (including phenoxy) is 1. The summed E-state index contributed by atoms with van der Waals surface area (Å²) in [6.45, 7) is 18.4. The number of nitrogens with one attached hydrogen (secondary N) is 1. The number of piperazine rings is 1. The van der Waals surface area contributed by atoms with Crippen LogP contribution >= 0.6 is 0 Å². The minimum absolute atomic E-state index is 0.0217. The average Bonchev–Trinajstić information content (AvgIpc) is 3.06. The second kappa shape index (κ2) is 13.0. The number of carbonyl (C=O) groups excluding carboxylic acids is 4. The van der Waals surface area contributed by atoms with Crippen molar-refractivity contribution in [1.29, 1.82) is 0 Å². The zero-order chi connectivity index (χ0) is 26.2. The standard InChI is InChI=1S/C26H42N4O5/c1-19(22-16-21(3)30(25(22)34)20(2)9-10-23(32)27-18-31)8-7-11-28-12-14-29(15-13-28)17-24(33)35-26(4,5)6/h18,20H,3,7-17H2,1-2,4-6H3,(H,27,31,32)/b22-19-. The van der Waals surface area contributed by atoms with Crippen molar-refractivity contribution in [3.8, 4) is 0 Å². The zero-order valence-electron chi connectivity index (χ0n) is 22.0. The molecule has 3 amide bonds. The molecule has 1 atom stereocenters. The smallest absolute Gasteiger partial charge is 0.320 e. The number of hydrogen-bond donors (Lipinski definition) is 1. The maximum atomic E-state index is 13.0. The van der Waals surface area contributed by atoms with Gasteiger partial charge in [0.1, 0.15) is 5.60 Å². The first-order valence-electron chi connectivity index (χ1n) is 12.5. The summed E-state index contributed by atoms with van der Waals surface area (Å²) >= 11 is 0. The van der Waals surface area contributed by atoms with Crippen LogP contribution in [0, 0.1) is 0 Å². The third-order valence-electron chi connectivity index (χ3n) is 6.43. The van der Waals surface area contributed by atoms with Crippen LogP contribution in [-0.2, 0) is 23.9 Å². The van der Waals surface area contributed by atoms with E-state index in [9.17, 15) is 19.2 Å². The fraction of sp³-hybridized carbons (Fsp3) is 0.692. The second-order valence-electron chi connectivity index (χ2n) is 10.6. The van der Waals surface area contributed by atoms with E-state index in [0.717, 1.165) is 62.4 Å². The molecule has 2 aliphatic heterocycles. The molecule has 2 fully saturated rings. The monoisotopic (exact) mass is 490 g/mol. The van der Waals surface area contributed by atoms with E-state index in [0.29, 0.717) is 25.8 Å². The van der Waals surface area contributed by atoms with Gasteiger partial charge in [0.2, 0.25) is 12.3 Å². The van der Waals surface area contributed by atoms with Crippen molar-refractivity contribution in [2.45, 2.75) is 78.4 Å². The van der Waals surface area contributed by atoms with Crippen LogP contribution in [0.4, 0.5) is 0 Å².